The monoisotopic (exact) mass is 426 g/mol. The van der Waals surface area contributed by atoms with Crippen LogP contribution in [0, 0.1) is 5.82 Å². The number of aromatic nitrogens is 7. The minimum absolute atomic E-state index is 0.138. The number of hydrogen-bond donors (Lipinski definition) is 0. The van der Waals surface area contributed by atoms with E-state index in [9.17, 15) is 4.39 Å². The van der Waals surface area contributed by atoms with Crippen molar-refractivity contribution < 1.29 is 4.39 Å². The van der Waals surface area contributed by atoms with E-state index in [0.717, 1.165) is 42.0 Å². The van der Waals surface area contributed by atoms with E-state index < -0.39 is 0 Å². The molecule has 1 saturated heterocycles. The molecular formula is C23H19FN8. The first-order valence-corrected chi connectivity index (χ1v) is 10.4. The lowest BCUT2D eigenvalue weighted by Gasteiger charge is -2.25. The molecule has 0 aliphatic carbocycles. The first-order valence-electron chi connectivity index (χ1n) is 10.4. The van der Waals surface area contributed by atoms with Crippen molar-refractivity contribution in [2.45, 2.75) is 18.9 Å². The van der Waals surface area contributed by atoms with Gasteiger partial charge in [-0.2, -0.15) is 10.2 Å². The molecule has 1 aliphatic heterocycles. The fourth-order valence-corrected chi connectivity index (χ4v) is 4.29. The quantitative estimate of drug-likeness (QED) is 0.434. The molecule has 1 aliphatic rings. The third kappa shape index (κ3) is 3.09. The Labute approximate surface area is 183 Å². The van der Waals surface area contributed by atoms with Crippen LogP contribution in [0.4, 0.5) is 10.2 Å². The van der Waals surface area contributed by atoms with Crippen LogP contribution in [0.5, 0.6) is 0 Å². The number of hydrogen-bond acceptors (Lipinski definition) is 6. The summed E-state index contributed by atoms with van der Waals surface area (Å²) in [5.74, 6) is 0.490. The molecule has 6 heterocycles. The topological polar surface area (TPSA) is 77.0 Å². The van der Waals surface area contributed by atoms with E-state index >= 15 is 0 Å². The van der Waals surface area contributed by atoms with Crippen molar-refractivity contribution in [1.82, 2.24) is 34.3 Å². The smallest absolute Gasteiger partial charge is 0.183 e. The molecule has 32 heavy (non-hydrogen) atoms. The molecule has 0 amide bonds. The van der Waals surface area contributed by atoms with Crippen molar-refractivity contribution in [3.63, 3.8) is 0 Å². The Bertz CT molecular complexity index is 1390. The number of fused-ring (bicyclic) bond motifs is 1. The van der Waals surface area contributed by atoms with Crippen LogP contribution in [0.2, 0.25) is 0 Å². The van der Waals surface area contributed by atoms with Gasteiger partial charge < -0.3 is 4.90 Å². The van der Waals surface area contributed by atoms with Crippen molar-refractivity contribution in [3.05, 3.63) is 85.2 Å². The predicted molar refractivity (Wildman–Crippen MR) is 117 cm³/mol. The zero-order chi connectivity index (χ0) is 21.5. The average Bonchev–Trinajstić information content (AvgIpc) is 3.58. The summed E-state index contributed by atoms with van der Waals surface area (Å²) in [7, 11) is 0. The van der Waals surface area contributed by atoms with Gasteiger partial charge in [0.05, 0.1) is 24.1 Å². The average molecular weight is 426 g/mol. The Hall–Kier alpha value is -4.14. The third-order valence-corrected chi connectivity index (χ3v) is 5.83. The highest BCUT2D eigenvalue weighted by molar-refractivity contribution is 5.65. The van der Waals surface area contributed by atoms with Gasteiger partial charge in [0.1, 0.15) is 17.3 Å². The molecule has 0 aromatic carbocycles. The van der Waals surface area contributed by atoms with Gasteiger partial charge in [0.2, 0.25) is 0 Å². The zero-order valence-corrected chi connectivity index (χ0v) is 17.1. The predicted octanol–water partition coefficient (Wildman–Crippen LogP) is 3.85. The van der Waals surface area contributed by atoms with E-state index in [1.807, 2.05) is 36.8 Å². The highest BCUT2D eigenvalue weighted by Crippen LogP contribution is 2.35. The van der Waals surface area contributed by atoms with Crippen LogP contribution in [0.3, 0.4) is 0 Å². The van der Waals surface area contributed by atoms with Crippen molar-refractivity contribution in [3.8, 4) is 16.8 Å². The van der Waals surface area contributed by atoms with Crippen LogP contribution in [0.25, 0.3) is 22.5 Å². The summed E-state index contributed by atoms with van der Waals surface area (Å²) in [6.07, 6.45) is 14.3. The molecule has 0 bridgehead atoms. The lowest BCUT2D eigenvalue weighted by Crippen LogP contribution is -2.25. The second-order valence-electron chi connectivity index (χ2n) is 7.72. The maximum absolute atomic E-state index is 14.4. The second kappa shape index (κ2) is 7.52. The van der Waals surface area contributed by atoms with Crippen LogP contribution in [-0.2, 0) is 0 Å². The molecule has 8 nitrogen and oxygen atoms in total. The number of rotatable bonds is 4. The fourth-order valence-electron chi connectivity index (χ4n) is 4.29. The van der Waals surface area contributed by atoms with Gasteiger partial charge >= 0.3 is 0 Å². The molecule has 0 spiro atoms. The Morgan fingerprint density at radius 3 is 2.75 bits per heavy atom. The summed E-state index contributed by atoms with van der Waals surface area (Å²) in [5.41, 5.74) is 3.93. The maximum Gasteiger partial charge on any atom is 0.183 e. The molecule has 5 aromatic heterocycles. The number of pyridine rings is 2. The van der Waals surface area contributed by atoms with Gasteiger partial charge in [-0.05, 0) is 48.7 Å². The summed E-state index contributed by atoms with van der Waals surface area (Å²) in [6, 6.07) is 8.74. The Kier molecular flexibility index (Phi) is 4.38. The lowest BCUT2D eigenvalue weighted by atomic mass is 10.1. The highest BCUT2D eigenvalue weighted by atomic mass is 19.1. The highest BCUT2D eigenvalue weighted by Gasteiger charge is 2.30. The maximum atomic E-state index is 14.4. The molecule has 5 aromatic rings. The lowest BCUT2D eigenvalue weighted by molar-refractivity contribution is 0.562. The summed E-state index contributed by atoms with van der Waals surface area (Å²) in [6.45, 7) is 0.793. The molecule has 9 heteroatoms. The van der Waals surface area contributed by atoms with E-state index in [1.54, 1.807) is 40.1 Å². The molecule has 1 fully saturated rings. The SMILES string of the molecule is Fc1cccnc1[C@@H]1CCCN1c1ccn2ncc(-n3cc(-c4ccncc4)cn3)c2n1. The van der Waals surface area contributed by atoms with Crippen LogP contribution in [-0.4, -0.2) is 40.9 Å². The number of halogens is 1. The van der Waals surface area contributed by atoms with Crippen LogP contribution in [0.1, 0.15) is 24.6 Å². The number of anilines is 1. The van der Waals surface area contributed by atoms with Gasteiger partial charge in [-0.3, -0.25) is 9.97 Å². The van der Waals surface area contributed by atoms with E-state index in [2.05, 4.69) is 25.1 Å². The van der Waals surface area contributed by atoms with Gasteiger partial charge in [-0.15, -0.1) is 0 Å². The van der Waals surface area contributed by atoms with Crippen molar-refractivity contribution >= 4 is 11.5 Å². The minimum atomic E-state index is -0.282. The first-order chi connectivity index (χ1) is 15.8. The molecule has 0 radical (unpaired) electrons. The molecule has 6 rings (SSSR count). The van der Waals surface area contributed by atoms with E-state index in [1.165, 1.54) is 6.07 Å². The normalized spacial score (nSPS) is 16.2. The van der Waals surface area contributed by atoms with Gasteiger partial charge in [0.15, 0.2) is 5.65 Å². The Morgan fingerprint density at radius 2 is 1.88 bits per heavy atom. The molecule has 0 N–H and O–H groups in total. The molecular weight excluding hydrogens is 407 g/mol. The minimum Gasteiger partial charge on any atom is -0.348 e. The van der Waals surface area contributed by atoms with Gasteiger partial charge in [0, 0.05) is 43.1 Å². The third-order valence-electron chi connectivity index (χ3n) is 5.83. The van der Waals surface area contributed by atoms with E-state index in [0.29, 0.717) is 11.3 Å². The standard InChI is InChI=1S/C23H19FN8/c24-18-3-1-8-26-22(18)19-4-2-11-30(19)21-7-12-31-23(29-21)20(14-28-31)32-15-17(13-27-32)16-5-9-25-10-6-16/h1,3,5-10,12-15,19H,2,4,11H2/t19-/m0/s1. The van der Waals surface area contributed by atoms with Gasteiger partial charge in [0.25, 0.3) is 0 Å². The van der Waals surface area contributed by atoms with E-state index in [-0.39, 0.29) is 11.9 Å². The molecule has 0 unspecified atom stereocenters. The van der Waals surface area contributed by atoms with Crippen molar-refractivity contribution in [1.29, 1.82) is 0 Å². The zero-order valence-electron chi connectivity index (χ0n) is 17.1. The fraction of sp³-hybridized carbons (Fsp3) is 0.174. The molecule has 0 saturated carbocycles. The van der Waals surface area contributed by atoms with Crippen molar-refractivity contribution in [2.75, 3.05) is 11.4 Å². The van der Waals surface area contributed by atoms with Crippen LogP contribution < -0.4 is 4.90 Å². The summed E-state index contributed by atoms with van der Waals surface area (Å²) in [5, 5.41) is 8.94. The Morgan fingerprint density at radius 1 is 0.969 bits per heavy atom. The molecule has 1 atom stereocenters. The van der Waals surface area contributed by atoms with Gasteiger partial charge in [-0.1, -0.05) is 0 Å². The number of nitrogens with zero attached hydrogens (tertiary/aromatic N) is 8. The van der Waals surface area contributed by atoms with E-state index in [4.69, 9.17) is 4.98 Å². The van der Waals surface area contributed by atoms with Crippen LogP contribution >= 0.6 is 0 Å². The van der Waals surface area contributed by atoms with Crippen LogP contribution in [0.15, 0.2) is 73.7 Å². The second-order valence-corrected chi connectivity index (χ2v) is 7.72. The summed E-state index contributed by atoms with van der Waals surface area (Å²) < 4.78 is 17.9. The van der Waals surface area contributed by atoms with Gasteiger partial charge in [-0.25, -0.2) is 18.6 Å². The van der Waals surface area contributed by atoms with Crippen molar-refractivity contribution in [2.24, 2.45) is 0 Å². The molecule has 158 valence electrons. The summed E-state index contributed by atoms with van der Waals surface area (Å²) in [4.78, 5) is 15.4. The largest absolute Gasteiger partial charge is 0.348 e. The summed E-state index contributed by atoms with van der Waals surface area (Å²) >= 11 is 0. The Balaban J connectivity index is 1.38. The first kappa shape index (κ1) is 18.6.